The van der Waals surface area contributed by atoms with Crippen LogP contribution < -0.4 is 0 Å². The molecular weight excluding hydrogens is 200 g/mol. The van der Waals surface area contributed by atoms with E-state index in [1.165, 1.54) is 0 Å². The molecule has 0 saturated carbocycles. The van der Waals surface area contributed by atoms with Crippen LogP contribution in [0, 0.1) is 5.41 Å². The van der Waals surface area contributed by atoms with Gasteiger partial charge in [0.2, 0.25) is 0 Å². The Morgan fingerprint density at radius 2 is 2.06 bits per heavy atom. The molecule has 1 aromatic rings. The molecule has 0 bridgehead atoms. The second-order valence-corrected chi connectivity index (χ2v) is 4.93. The van der Waals surface area contributed by atoms with Crippen molar-refractivity contribution >= 4 is 11.6 Å². The summed E-state index contributed by atoms with van der Waals surface area (Å²) in [7, 11) is 0. The largest absolute Gasteiger partial charge is 0.300 e. The highest BCUT2D eigenvalue weighted by Gasteiger charge is 2.38. The van der Waals surface area contributed by atoms with E-state index in [0.717, 1.165) is 24.0 Å². The Morgan fingerprint density at radius 1 is 1.38 bits per heavy atom. The number of Topliss-reactive ketones (excluding diaryl/α,β-unsaturated/α-hetero) is 2. The van der Waals surface area contributed by atoms with E-state index in [9.17, 15) is 9.59 Å². The van der Waals surface area contributed by atoms with E-state index in [1.54, 1.807) is 6.92 Å². The molecule has 2 heteroatoms. The van der Waals surface area contributed by atoms with E-state index >= 15 is 0 Å². The summed E-state index contributed by atoms with van der Waals surface area (Å²) < 4.78 is 0. The van der Waals surface area contributed by atoms with Crippen LogP contribution in [0.1, 0.15) is 42.6 Å². The predicted molar refractivity (Wildman–Crippen MR) is 62.5 cm³/mol. The van der Waals surface area contributed by atoms with E-state index in [4.69, 9.17) is 0 Å². The number of hydrogen-bond acceptors (Lipinski definition) is 2. The monoisotopic (exact) mass is 216 g/mol. The first-order chi connectivity index (χ1) is 7.53. The molecule has 0 heterocycles. The number of benzene rings is 1. The Balaban J connectivity index is 2.37. The van der Waals surface area contributed by atoms with E-state index in [2.05, 4.69) is 0 Å². The molecule has 1 aliphatic rings. The van der Waals surface area contributed by atoms with Crippen molar-refractivity contribution in [1.29, 1.82) is 0 Å². The van der Waals surface area contributed by atoms with Crippen LogP contribution in [0.5, 0.6) is 0 Å². The average molecular weight is 216 g/mol. The lowest BCUT2D eigenvalue weighted by atomic mass is 9.69. The van der Waals surface area contributed by atoms with Crippen molar-refractivity contribution in [3.8, 4) is 0 Å². The van der Waals surface area contributed by atoms with E-state index in [1.807, 2.05) is 31.2 Å². The summed E-state index contributed by atoms with van der Waals surface area (Å²) in [5, 5.41) is 0. The van der Waals surface area contributed by atoms with Gasteiger partial charge in [-0.2, -0.15) is 0 Å². The van der Waals surface area contributed by atoms with Gasteiger partial charge in [0.05, 0.1) is 0 Å². The third kappa shape index (κ3) is 1.80. The summed E-state index contributed by atoms with van der Waals surface area (Å²) in [6.07, 6.45) is 2.04. The van der Waals surface area contributed by atoms with Gasteiger partial charge in [0.15, 0.2) is 5.78 Å². The standard InChI is InChI=1S/C14H16O2/c1-10(15)9-14(2)8-7-11-5-3-4-6-12(11)13(14)16/h3-6H,7-9H2,1-2H3/t14-/m1/s1. The van der Waals surface area contributed by atoms with Crippen LogP contribution in [0.2, 0.25) is 0 Å². The Bertz CT molecular complexity index is 448. The minimum absolute atomic E-state index is 0.0928. The summed E-state index contributed by atoms with van der Waals surface area (Å²) in [5.41, 5.74) is 1.44. The van der Waals surface area contributed by atoms with Gasteiger partial charge in [0.25, 0.3) is 0 Å². The maximum absolute atomic E-state index is 12.3. The lowest BCUT2D eigenvalue weighted by molar-refractivity contribution is -0.118. The lowest BCUT2D eigenvalue weighted by Crippen LogP contribution is -2.34. The van der Waals surface area contributed by atoms with Crippen LogP contribution in [0.3, 0.4) is 0 Å². The fourth-order valence-corrected chi connectivity index (χ4v) is 2.53. The van der Waals surface area contributed by atoms with Crippen molar-refractivity contribution in [2.45, 2.75) is 33.1 Å². The number of fused-ring (bicyclic) bond motifs is 1. The van der Waals surface area contributed by atoms with Crippen LogP contribution in [-0.2, 0) is 11.2 Å². The zero-order chi connectivity index (χ0) is 11.8. The normalized spacial score (nSPS) is 24.0. The topological polar surface area (TPSA) is 34.1 Å². The highest BCUT2D eigenvalue weighted by molar-refractivity contribution is 6.04. The second-order valence-electron chi connectivity index (χ2n) is 4.93. The molecule has 1 aromatic carbocycles. The van der Waals surface area contributed by atoms with Gasteiger partial charge in [-0.25, -0.2) is 0 Å². The highest BCUT2D eigenvalue weighted by atomic mass is 16.1. The second kappa shape index (κ2) is 3.85. The molecule has 0 unspecified atom stereocenters. The van der Waals surface area contributed by atoms with Crippen molar-refractivity contribution in [2.24, 2.45) is 5.41 Å². The number of rotatable bonds is 2. The summed E-state index contributed by atoms with van der Waals surface area (Å²) in [6, 6.07) is 7.71. The third-order valence-electron chi connectivity index (χ3n) is 3.40. The zero-order valence-electron chi connectivity index (χ0n) is 9.75. The molecule has 0 spiro atoms. The fourth-order valence-electron chi connectivity index (χ4n) is 2.53. The fraction of sp³-hybridized carbons (Fsp3) is 0.429. The maximum Gasteiger partial charge on any atom is 0.169 e. The van der Waals surface area contributed by atoms with Crippen LogP contribution in [0.25, 0.3) is 0 Å². The maximum atomic E-state index is 12.3. The zero-order valence-corrected chi connectivity index (χ0v) is 9.75. The SMILES string of the molecule is CC(=O)C[C@@]1(C)CCc2ccccc2C1=O. The molecule has 2 rings (SSSR count). The molecule has 0 aromatic heterocycles. The van der Waals surface area contributed by atoms with Crippen molar-refractivity contribution in [1.82, 2.24) is 0 Å². The van der Waals surface area contributed by atoms with Crippen LogP contribution in [0.4, 0.5) is 0 Å². The van der Waals surface area contributed by atoms with Gasteiger partial charge in [0.1, 0.15) is 5.78 Å². The van der Waals surface area contributed by atoms with E-state index in [-0.39, 0.29) is 11.6 Å². The third-order valence-corrected chi connectivity index (χ3v) is 3.40. The molecule has 0 amide bonds. The van der Waals surface area contributed by atoms with E-state index in [0.29, 0.717) is 6.42 Å². The van der Waals surface area contributed by atoms with Crippen LogP contribution in [0.15, 0.2) is 24.3 Å². The predicted octanol–water partition coefficient (Wildman–Crippen LogP) is 2.80. The molecule has 0 saturated heterocycles. The quantitative estimate of drug-likeness (QED) is 0.761. The van der Waals surface area contributed by atoms with Gasteiger partial charge in [-0.05, 0) is 25.3 Å². The smallest absolute Gasteiger partial charge is 0.169 e. The molecule has 0 fully saturated rings. The Hall–Kier alpha value is -1.44. The minimum atomic E-state index is -0.486. The van der Waals surface area contributed by atoms with Crippen molar-refractivity contribution in [3.05, 3.63) is 35.4 Å². The first-order valence-corrected chi connectivity index (χ1v) is 5.65. The molecule has 0 radical (unpaired) electrons. The molecule has 0 N–H and O–H groups in total. The molecule has 0 aliphatic heterocycles. The first kappa shape index (κ1) is 11.1. The number of hydrogen-bond donors (Lipinski definition) is 0. The molecule has 2 nitrogen and oxygen atoms in total. The van der Waals surface area contributed by atoms with Crippen molar-refractivity contribution in [3.63, 3.8) is 0 Å². The molecule has 1 atom stereocenters. The lowest BCUT2D eigenvalue weighted by Gasteiger charge is -2.32. The number of ketones is 2. The van der Waals surface area contributed by atoms with Gasteiger partial charge in [-0.15, -0.1) is 0 Å². The molecule has 16 heavy (non-hydrogen) atoms. The molecule has 1 aliphatic carbocycles. The van der Waals surface area contributed by atoms with Crippen molar-refractivity contribution < 1.29 is 9.59 Å². The van der Waals surface area contributed by atoms with E-state index < -0.39 is 5.41 Å². The van der Waals surface area contributed by atoms with Crippen LogP contribution in [-0.4, -0.2) is 11.6 Å². The Morgan fingerprint density at radius 3 is 2.75 bits per heavy atom. The minimum Gasteiger partial charge on any atom is -0.300 e. The highest BCUT2D eigenvalue weighted by Crippen LogP contribution is 2.37. The number of aryl methyl sites for hydroxylation is 1. The summed E-state index contributed by atoms with van der Waals surface area (Å²) in [5.74, 6) is 0.222. The summed E-state index contributed by atoms with van der Waals surface area (Å²) in [6.45, 7) is 3.46. The number of carbonyl (C=O) groups is 2. The van der Waals surface area contributed by atoms with Gasteiger partial charge in [0, 0.05) is 17.4 Å². The Labute approximate surface area is 95.7 Å². The number of carbonyl (C=O) groups excluding carboxylic acids is 2. The summed E-state index contributed by atoms with van der Waals surface area (Å²) >= 11 is 0. The van der Waals surface area contributed by atoms with Gasteiger partial charge in [-0.3, -0.25) is 9.59 Å². The summed E-state index contributed by atoms with van der Waals surface area (Å²) in [4.78, 5) is 23.5. The molecular formula is C14H16O2. The van der Waals surface area contributed by atoms with Crippen LogP contribution >= 0.6 is 0 Å². The van der Waals surface area contributed by atoms with Gasteiger partial charge in [-0.1, -0.05) is 31.2 Å². The van der Waals surface area contributed by atoms with Crippen molar-refractivity contribution in [2.75, 3.05) is 0 Å². The average Bonchev–Trinajstić information content (AvgIpc) is 2.24. The molecule has 84 valence electrons. The Kier molecular flexibility index (Phi) is 2.66. The van der Waals surface area contributed by atoms with Gasteiger partial charge < -0.3 is 0 Å². The first-order valence-electron chi connectivity index (χ1n) is 5.65. The van der Waals surface area contributed by atoms with Gasteiger partial charge >= 0.3 is 0 Å².